The number of hydrogen-bond acceptors (Lipinski definition) is 5. The van der Waals surface area contributed by atoms with Gasteiger partial charge in [0.2, 0.25) is 0 Å². The Labute approximate surface area is 197 Å². The van der Waals surface area contributed by atoms with Gasteiger partial charge in [0, 0.05) is 16.9 Å². The lowest BCUT2D eigenvalue weighted by Crippen LogP contribution is -2.05. The van der Waals surface area contributed by atoms with Crippen LogP contribution in [-0.2, 0) is 4.74 Å². The predicted molar refractivity (Wildman–Crippen MR) is 134 cm³/mol. The number of benzene rings is 4. The van der Waals surface area contributed by atoms with E-state index in [9.17, 15) is 4.79 Å². The van der Waals surface area contributed by atoms with Crippen LogP contribution in [0.5, 0.6) is 5.75 Å². The van der Waals surface area contributed by atoms with Gasteiger partial charge in [0.15, 0.2) is 0 Å². The van der Waals surface area contributed by atoms with Crippen LogP contribution in [0.2, 0.25) is 5.02 Å². The molecule has 0 aliphatic carbocycles. The molecular formula is C27H23ClN2O3. The van der Waals surface area contributed by atoms with Gasteiger partial charge in [0.1, 0.15) is 5.75 Å². The van der Waals surface area contributed by atoms with Crippen molar-refractivity contribution in [3.63, 3.8) is 0 Å². The SMILES string of the molecule is COC(=O)c1ccccc1Nc1ccc(Nc2ccc(-c3ccccc3OC)cc2Cl)cc1. The molecular weight excluding hydrogens is 436 g/mol. The van der Waals surface area contributed by atoms with Crippen molar-refractivity contribution in [2.45, 2.75) is 0 Å². The zero-order chi connectivity index (χ0) is 23.2. The topological polar surface area (TPSA) is 59.6 Å². The third-order valence-electron chi connectivity index (χ3n) is 5.16. The number of hydrogen-bond donors (Lipinski definition) is 2. The normalized spacial score (nSPS) is 10.4. The number of nitrogens with one attached hydrogen (secondary N) is 2. The molecule has 0 spiro atoms. The number of ether oxygens (including phenoxy) is 2. The first kappa shape index (κ1) is 22.2. The van der Waals surface area contributed by atoms with Crippen molar-refractivity contribution in [2.24, 2.45) is 0 Å². The summed E-state index contributed by atoms with van der Waals surface area (Å²) in [5, 5.41) is 7.21. The van der Waals surface area contributed by atoms with Crippen molar-refractivity contribution in [2.75, 3.05) is 24.9 Å². The van der Waals surface area contributed by atoms with Crippen molar-refractivity contribution in [1.82, 2.24) is 0 Å². The molecule has 0 aliphatic rings. The third kappa shape index (κ3) is 5.10. The van der Waals surface area contributed by atoms with Crippen LogP contribution in [0.1, 0.15) is 10.4 Å². The van der Waals surface area contributed by atoms with Crippen LogP contribution >= 0.6 is 11.6 Å². The lowest BCUT2D eigenvalue weighted by Gasteiger charge is -2.14. The molecule has 166 valence electrons. The number of rotatable bonds is 7. The van der Waals surface area contributed by atoms with E-state index in [4.69, 9.17) is 21.1 Å². The molecule has 0 aliphatic heterocycles. The Bertz CT molecular complexity index is 1270. The fraction of sp³-hybridized carbons (Fsp3) is 0.0741. The Morgan fingerprint density at radius 2 is 1.39 bits per heavy atom. The average Bonchev–Trinajstić information content (AvgIpc) is 2.86. The Hall–Kier alpha value is -3.96. The van der Waals surface area contributed by atoms with Crippen molar-refractivity contribution in [3.05, 3.63) is 102 Å². The van der Waals surface area contributed by atoms with Gasteiger partial charge in [-0.1, -0.05) is 48.0 Å². The molecule has 0 saturated heterocycles. The minimum Gasteiger partial charge on any atom is -0.496 e. The summed E-state index contributed by atoms with van der Waals surface area (Å²) in [6.07, 6.45) is 0. The van der Waals surface area contributed by atoms with Gasteiger partial charge in [-0.3, -0.25) is 0 Å². The molecule has 2 N–H and O–H groups in total. The second-order valence-electron chi connectivity index (χ2n) is 7.26. The van der Waals surface area contributed by atoms with Gasteiger partial charge in [0.05, 0.1) is 36.2 Å². The molecule has 4 aromatic rings. The summed E-state index contributed by atoms with van der Waals surface area (Å²) in [5.41, 5.74) is 5.64. The standard InChI is InChI=1S/C27H23ClN2O3/c1-32-26-10-6-4-7-21(26)18-11-16-25(23(28)17-18)30-20-14-12-19(13-15-20)29-24-9-5-3-8-22(24)27(31)33-2/h3-17,29-30H,1-2H3. The van der Waals surface area contributed by atoms with E-state index in [0.29, 0.717) is 16.3 Å². The summed E-state index contributed by atoms with van der Waals surface area (Å²) in [7, 11) is 3.02. The maximum Gasteiger partial charge on any atom is 0.339 e. The Balaban J connectivity index is 1.49. The lowest BCUT2D eigenvalue weighted by molar-refractivity contribution is 0.0602. The highest BCUT2D eigenvalue weighted by Crippen LogP contribution is 2.35. The van der Waals surface area contributed by atoms with Crippen molar-refractivity contribution >= 4 is 40.3 Å². The van der Waals surface area contributed by atoms with Gasteiger partial charge in [-0.15, -0.1) is 0 Å². The van der Waals surface area contributed by atoms with Gasteiger partial charge in [0.25, 0.3) is 0 Å². The smallest absolute Gasteiger partial charge is 0.339 e. The number of para-hydroxylation sites is 2. The van der Waals surface area contributed by atoms with E-state index in [0.717, 1.165) is 33.9 Å². The van der Waals surface area contributed by atoms with Crippen LogP contribution in [0, 0.1) is 0 Å². The number of carbonyl (C=O) groups excluding carboxylic acids is 1. The van der Waals surface area contributed by atoms with Gasteiger partial charge >= 0.3 is 5.97 Å². The highest BCUT2D eigenvalue weighted by molar-refractivity contribution is 6.33. The lowest BCUT2D eigenvalue weighted by atomic mass is 10.0. The fourth-order valence-corrected chi connectivity index (χ4v) is 3.72. The molecule has 5 nitrogen and oxygen atoms in total. The van der Waals surface area contributed by atoms with Crippen LogP contribution in [-0.4, -0.2) is 20.2 Å². The highest BCUT2D eigenvalue weighted by Gasteiger charge is 2.11. The van der Waals surface area contributed by atoms with Crippen molar-refractivity contribution < 1.29 is 14.3 Å². The van der Waals surface area contributed by atoms with Crippen LogP contribution < -0.4 is 15.4 Å². The molecule has 0 radical (unpaired) electrons. The molecule has 4 rings (SSSR count). The predicted octanol–water partition coefficient (Wildman–Crippen LogP) is 7.29. The third-order valence-corrected chi connectivity index (χ3v) is 5.48. The van der Waals surface area contributed by atoms with Gasteiger partial charge in [-0.05, 0) is 60.2 Å². The molecule has 0 amide bonds. The first-order valence-electron chi connectivity index (χ1n) is 10.3. The molecule has 0 heterocycles. The number of halogens is 1. The summed E-state index contributed by atoms with van der Waals surface area (Å²) in [6, 6.07) is 28.6. The van der Waals surface area contributed by atoms with E-state index in [-0.39, 0.29) is 5.97 Å². The van der Waals surface area contributed by atoms with E-state index >= 15 is 0 Å². The van der Waals surface area contributed by atoms with Crippen LogP contribution in [0.3, 0.4) is 0 Å². The molecule has 0 fully saturated rings. The molecule has 33 heavy (non-hydrogen) atoms. The molecule has 4 aromatic carbocycles. The second kappa shape index (κ2) is 10.1. The molecule has 0 atom stereocenters. The van der Waals surface area contributed by atoms with E-state index < -0.39 is 0 Å². The zero-order valence-electron chi connectivity index (χ0n) is 18.3. The maximum absolute atomic E-state index is 12.0. The Morgan fingerprint density at radius 1 is 0.758 bits per heavy atom. The van der Waals surface area contributed by atoms with Crippen LogP contribution in [0.15, 0.2) is 91.0 Å². The number of anilines is 4. The minimum atomic E-state index is -0.386. The summed E-state index contributed by atoms with van der Waals surface area (Å²) < 4.78 is 10.3. The van der Waals surface area contributed by atoms with Crippen molar-refractivity contribution in [3.8, 4) is 16.9 Å². The minimum absolute atomic E-state index is 0.386. The summed E-state index contributed by atoms with van der Waals surface area (Å²) in [5.74, 6) is 0.411. The largest absolute Gasteiger partial charge is 0.496 e. The maximum atomic E-state index is 12.0. The summed E-state index contributed by atoms with van der Waals surface area (Å²) in [6.45, 7) is 0. The van der Waals surface area contributed by atoms with Crippen LogP contribution in [0.4, 0.5) is 22.7 Å². The van der Waals surface area contributed by atoms with E-state index in [1.165, 1.54) is 7.11 Å². The van der Waals surface area contributed by atoms with Crippen LogP contribution in [0.25, 0.3) is 11.1 Å². The van der Waals surface area contributed by atoms with E-state index in [1.54, 1.807) is 19.2 Å². The van der Waals surface area contributed by atoms with Gasteiger partial charge in [-0.25, -0.2) is 4.79 Å². The van der Waals surface area contributed by atoms with Crippen molar-refractivity contribution in [1.29, 1.82) is 0 Å². The molecule has 6 heteroatoms. The second-order valence-corrected chi connectivity index (χ2v) is 7.67. The van der Waals surface area contributed by atoms with E-state index in [2.05, 4.69) is 10.6 Å². The molecule has 0 aromatic heterocycles. The summed E-state index contributed by atoms with van der Waals surface area (Å²) >= 11 is 6.56. The average molecular weight is 459 g/mol. The Morgan fingerprint density at radius 3 is 2.06 bits per heavy atom. The highest BCUT2D eigenvalue weighted by atomic mass is 35.5. The van der Waals surface area contributed by atoms with Gasteiger partial charge in [-0.2, -0.15) is 0 Å². The molecule has 0 saturated carbocycles. The van der Waals surface area contributed by atoms with Gasteiger partial charge < -0.3 is 20.1 Å². The molecule has 0 bridgehead atoms. The first-order chi connectivity index (χ1) is 16.1. The number of carbonyl (C=O) groups is 1. The molecule has 0 unspecified atom stereocenters. The monoisotopic (exact) mass is 458 g/mol. The fourth-order valence-electron chi connectivity index (χ4n) is 3.50. The zero-order valence-corrected chi connectivity index (χ0v) is 19.0. The summed E-state index contributed by atoms with van der Waals surface area (Å²) in [4.78, 5) is 12.0. The Kier molecular flexibility index (Phi) is 6.81. The first-order valence-corrected chi connectivity index (χ1v) is 10.7. The number of methoxy groups -OCH3 is 2. The quantitative estimate of drug-likeness (QED) is 0.285. The van der Waals surface area contributed by atoms with E-state index in [1.807, 2.05) is 78.9 Å². The number of esters is 1.